The van der Waals surface area contributed by atoms with Crippen LogP contribution in [0.1, 0.15) is 31.1 Å². The third kappa shape index (κ3) is 3.40. The molecule has 0 saturated heterocycles. The standard InChI is InChI=1S/C14H18FN3O2/c1-3-19-9-14(2,16)13-17-12(20-18-13)8-10-6-4-5-7-11(10)15/h4-7H,3,8-9,16H2,1-2H3. The van der Waals surface area contributed by atoms with Crippen LogP contribution in [-0.2, 0) is 16.7 Å². The summed E-state index contributed by atoms with van der Waals surface area (Å²) in [6.07, 6.45) is 0.240. The van der Waals surface area contributed by atoms with Gasteiger partial charge in [0.15, 0.2) is 5.82 Å². The number of aromatic nitrogens is 2. The first-order valence-corrected chi connectivity index (χ1v) is 6.46. The van der Waals surface area contributed by atoms with Crippen LogP contribution in [0.3, 0.4) is 0 Å². The molecule has 0 bridgehead atoms. The molecule has 0 fully saturated rings. The molecule has 0 aliphatic heterocycles. The Morgan fingerprint density at radius 3 is 2.85 bits per heavy atom. The lowest BCUT2D eigenvalue weighted by Gasteiger charge is -2.19. The molecule has 2 aromatic rings. The summed E-state index contributed by atoms with van der Waals surface area (Å²) >= 11 is 0. The second-order valence-corrected chi connectivity index (χ2v) is 4.83. The number of benzene rings is 1. The SMILES string of the molecule is CCOCC(C)(N)c1noc(Cc2ccccc2F)n1. The molecule has 0 amide bonds. The number of hydrogen-bond donors (Lipinski definition) is 1. The lowest BCUT2D eigenvalue weighted by Crippen LogP contribution is -2.39. The van der Waals surface area contributed by atoms with E-state index in [1.165, 1.54) is 6.07 Å². The topological polar surface area (TPSA) is 74.2 Å². The van der Waals surface area contributed by atoms with Crippen LogP contribution in [0.2, 0.25) is 0 Å². The first kappa shape index (κ1) is 14.6. The van der Waals surface area contributed by atoms with Gasteiger partial charge >= 0.3 is 0 Å². The summed E-state index contributed by atoms with van der Waals surface area (Å²) in [6.45, 7) is 4.51. The van der Waals surface area contributed by atoms with Gasteiger partial charge in [0.1, 0.15) is 11.4 Å². The number of nitrogens with zero attached hydrogens (tertiary/aromatic N) is 2. The van der Waals surface area contributed by atoms with Crippen LogP contribution in [0, 0.1) is 5.82 Å². The zero-order chi connectivity index (χ0) is 14.6. The average molecular weight is 279 g/mol. The minimum atomic E-state index is -0.826. The zero-order valence-electron chi connectivity index (χ0n) is 11.6. The highest BCUT2D eigenvalue weighted by Gasteiger charge is 2.27. The molecule has 1 unspecified atom stereocenters. The van der Waals surface area contributed by atoms with Crippen molar-refractivity contribution in [2.75, 3.05) is 13.2 Å². The van der Waals surface area contributed by atoms with E-state index in [-0.39, 0.29) is 12.2 Å². The fourth-order valence-corrected chi connectivity index (χ4v) is 1.74. The Labute approximate surface area is 116 Å². The molecule has 108 valence electrons. The molecular weight excluding hydrogens is 261 g/mol. The molecule has 1 aromatic carbocycles. The van der Waals surface area contributed by atoms with Gasteiger partial charge in [-0.2, -0.15) is 4.98 Å². The monoisotopic (exact) mass is 279 g/mol. The summed E-state index contributed by atoms with van der Waals surface area (Å²) in [6, 6.07) is 6.48. The second kappa shape index (κ2) is 6.11. The zero-order valence-corrected chi connectivity index (χ0v) is 11.6. The van der Waals surface area contributed by atoms with Gasteiger partial charge in [-0.1, -0.05) is 23.4 Å². The Hall–Kier alpha value is -1.79. The Morgan fingerprint density at radius 1 is 1.40 bits per heavy atom. The van der Waals surface area contributed by atoms with Crippen molar-refractivity contribution >= 4 is 0 Å². The number of nitrogens with two attached hydrogens (primary N) is 1. The molecule has 0 aliphatic rings. The van der Waals surface area contributed by atoms with Gasteiger partial charge in [-0.05, 0) is 25.5 Å². The van der Waals surface area contributed by atoms with Crippen LogP contribution >= 0.6 is 0 Å². The molecular formula is C14H18FN3O2. The van der Waals surface area contributed by atoms with Gasteiger partial charge in [0.25, 0.3) is 0 Å². The molecule has 1 heterocycles. The third-order valence-corrected chi connectivity index (χ3v) is 2.88. The number of hydrogen-bond acceptors (Lipinski definition) is 5. The quantitative estimate of drug-likeness (QED) is 0.875. The van der Waals surface area contributed by atoms with E-state index in [1.807, 2.05) is 6.92 Å². The summed E-state index contributed by atoms with van der Waals surface area (Å²) in [5, 5.41) is 3.85. The van der Waals surface area contributed by atoms with Gasteiger partial charge in [0.2, 0.25) is 5.89 Å². The molecule has 6 heteroatoms. The molecule has 1 atom stereocenters. The van der Waals surface area contributed by atoms with Crippen molar-refractivity contribution in [3.8, 4) is 0 Å². The highest BCUT2D eigenvalue weighted by molar-refractivity contribution is 5.20. The first-order valence-electron chi connectivity index (χ1n) is 6.46. The summed E-state index contributed by atoms with van der Waals surface area (Å²) in [5.41, 5.74) is 5.76. The Morgan fingerprint density at radius 2 is 2.15 bits per heavy atom. The maximum absolute atomic E-state index is 13.5. The molecule has 2 N–H and O–H groups in total. The van der Waals surface area contributed by atoms with Crippen LogP contribution in [0.5, 0.6) is 0 Å². The molecule has 0 spiro atoms. The number of rotatable bonds is 6. The van der Waals surface area contributed by atoms with E-state index in [1.54, 1.807) is 25.1 Å². The van der Waals surface area contributed by atoms with Gasteiger partial charge in [0.05, 0.1) is 13.0 Å². The first-order chi connectivity index (χ1) is 9.53. The van der Waals surface area contributed by atoms with Crippen molar-refractivity contribution in [3.63, 3.8) is 0 Å². The summed E-state index contributed by atoms with van der Waals surface area (Å²) in [4.78, 5) is 4.22. The second-order valence-electron chi connectivity index (χ2n) is 4.83. The van der Waals surface area contributed by atoms with Gasteiger partial charge in [-0.25, -0.2) is 4.39 Å². The highest BCUT2D eigenvalue weighted by Crippen LogP contribution is 2.17. The molecule has 1 aromatic heterocycles. The summed E-state index contributed by atoms with van der Waals surface area (Å²) in [5.74, 6) is 0.396. The highest BCUT2D eigenvalue weighted by atomic mass is 19.1. The van der Waals surface area contributed by atoms with Gasteiger partial charge in [0, 0.05) is 6.61 Å². The minimum Gasteiger partial charge on any atom is -0.379 e. The van der Waals surface area contributed by atoms with Crippen molar-refractivity contribution < 1.29 is 13.7 Å². The molecule has 2 rings (SSSR count). The molecule has 5 nitrogen and oxygen atoms in total. The normalized spacial score (nSPS) is 14.2. The largest absolute Gasteiger partial charge is 0.379 e. The van der Waals surface area contributed by atoms with Crippen molar-refractivity contribution in [1.82, 2.24) is 10.1 Å². The fraction of sp³-hybridized carbons (Fsp3) is 0.429. The van der Waals surface area contributed by atoms with Crippen LogP contribution in [0.4, 0.5) is 4.39 Å². The summed E-state index contributed by atoms with van der Waals surface area (Å²) in [7, 11) is 0. The predicted octanol–water partition coefficient (Wildman–Crippen LogP) is 2.01. The minimum absolute atomic E-state index is 0.240. The lowest BCUT2D eigenvalue weighted by atomic mass is 10.1. The van der Waals surface area contributed by atoms with E-state index in [0.29, 0.717) is 30.5 Å². The maximum Gasteiger partial charge on any atom is 0.231 e. The Bertz CT molecular complexity index is 569. The molecule has 0 aliphatic carbocycles. The van der Waals surface area contributed by atoms with E-state index in [0.717, 1.165) is 0 Å². The van der Waals surface area contributed by atoms with Crippen molar-refractivity contribution in [2.45, 2.75) is 25.8 Å². The van der Waals surface area contributed by atoms with E-state index in [4.69, 9.17) is 15.0 Å². The van der Waals surface area contributed by atoms with E-state index >= 15 is 0 Å². The van der Waals surface area contributed by atoms with Crippen molar-refractivity contribution in [2.24, 2.45) is 5.73 Å². The van der Waals surface area contributed by atoms with Crippen LogP contribution in [0.25, 0.3) is 0 Å². The van der Waals surface area contributed by atoms with Gasteiger partial charge in [-0.3, -0.25) is 0 Å². The van der Waals surface area contributed by atoms with Crippen LogP contribution in [-0.4, -0.2) is 23.4 Å². The van der Waals surface area contributed by atoms with Crippen molar-refractivity contribution in [1.29, 1.82) is 0 Å². The molecule has 20 heavy (non-hydrogen) atoms. The number of ether oxygens (including phenoxy) is 1. The summed E-state index contributed by atoms with van der Waals surface area (Å²) < 4.78 is 24.0. The Balaban J connectivity index is 2.11. The fourth-order valence-electron chi connectivity index (χ4n) is 1.74. The van der Waals surface area contributed by atoms with E-state index < -0.39 is 5.54 Å². The molecule has 0 radical (unpaired) electrons. The maximum atomic E-state index is 13.5. The lowest BCUT2D eigenvalue weighted by molar-refractivity contribution is 0.0962. The van der Waals surface area contributed by atoms with Gasteiger partial charge < -0.3 is 15.0 Å². The average Bonchev–Trinajstić information content (AvgIpc) is 2.89. The van der Waals surface area contributed by atoms with Gasteiger partial charge in [-0.15, -0.1) is 0 Å². The third-order valence-electron chi connectivity index (χ3n) is 2.88. The van der Waals surface area contributed by atoms with Crippen LogP contribution < -0.4 is 5.73 Å². The predicted molar refractivity (Wildman–Crippen MR) is 71.5 cm³/mol. The smallest absolute Gasteiger partial charge is 0.231 e. The number of halogens is 1. The van der Waals surface area contributed by atoms with Crippen molar-refractivity contribution in [3.05, 3.63) is 47.4 Å². The Kier molecular flexibility index (Phi) is 4.46. The van der Waals surface area contributed by atoms with Crippen LogP contribution in [0.15, 0.2) is 28.8 Å². The molecule has 0 saturated carbocycles. The van der Waals surface area contributed by atoms with E-state index in [9.17, 15) is 4.39 Å². The van der Waals surface area contributed by atoms with E-state index in [2.05, 4.69) is 10.1 Å².